The Morgan fingerprint density at radius 2 is 1.67 bits per heavy atom. The van der Waals surface area contributed by atoms with E-state index in [4.69, 9.17) is 4.74 Å². The van der Waals surface area contributed by atoms with Crippen molar-refractivity contribution >= 4 is 23.6 Å². The molecule has 1 atom stereocenters. The second-order valence-corrected chi connectivity index (χ2v) is 9.84. The number of nitrogens with one attached hydrogen (secondary N) is 1. The van der Waals surface area contributed by atoms with Gasteiger partial charge in [0.2, 0.25) is 11.8 Å². The van der Waals surface area contributed by atoms with E-state index in [1.165, 1.54) is 11.1 Å². The van der Waals surface area contributed by atoms with Crippen LogP contribution in [0.5, 0.6) is 5.75 Å². The highest BCUT2D eigenvalue weighted by atomic mass is 32.2. The molecule has 0 unspecified atom stereocenters. The van der Waals surface area contributed by atoms with Crippen LogP contribution in [0.25, 0.3) is 0 Å². The van der Waals surface area contributed by atoms with Crippen LogP contribution in [0.15, 0.2) is 78.9 Å². The molecule has 0 bridgehead atoms. The number of nitrogens with zero attached hydrogens (tertiary/aromatic N) is 1. The fourth-order valence-electron chi connectivity index (χ4n) is 4.03. The summed E-state index contributed by atoms with van der Waals surface area (Å²) in [4.78, 5) is 28.8. The highest BCUT2D eigenvalue weighted by Gasteiger charge is 2.30. The van der Waals surface area contributed by atoms with E-state index >= 15 is 0 Å². The molecule has 0 saturated heterocycles. The van der Waals surface area contributed by atoms with Crippen LogP contribution < -0.4 is 10.1 Å². The van der Waals surface area contributed by atoms with Gasteiger partial charge in [-0.1, -0.05) is 79.2 Å². The number of aryl methyl sites for hydroxylation is 1. The van der Waals surface area contributed by atoms with Crippen LogP contribution in [0.3, 0.4) is 0 Å². The van der Waals surface area contributed by atoms with Gasteiger partial charge in [-0.3, -0.25) is 9.59 Å². The molecule has 36 heavy (non-hydrogen) atoms. The van der Waals surface area contributed by atoms with E-state index < -0.39 is 6.04 Å². The number of ether oxygens (including phenoxy) is 1. The van der Waals surface area contributed by atoms with Gasteiger partial charge in [0.25, 0.3) is 0 Å². The molecule has 0 saturated carbocycles. The number of hydrogen-bond acceptors (Lipinski definition) is 4. The van der Waals surface area contributed by atoms with Gasteiger partial charge in [-0.2, -0.15) is 0 Å². The van der Waals surface area contributed by atoms with E-state index in [1.54, 1.807) is 23.8 Å². The maximum absolute atomic E-state index is 13.7. The van der Waals surface area contributed by atoms with Crippen LogP contribution in [0, 0.1) is 6.92 Å². The minimum absolute atomic E-state index is 0.0527. The van der Waals surface area contributed by atoms with Crippen molar-refractivity contribution in [2.75, 3.05) is 19.4 Å². The van der Waals surface area contributed by atoms with Crippen molar-refractivity contribution in [3.05, 3.63) is 101 Å². The molecule has 0 spiro atoms. The molecule has 3 rings (SSSR count). The van der Waals surface area contributed by atoms with Gasteiger partial charge in [0.05, 0.1) is 12.9 Å². The smallest absolute Gasteiger partial charge is 0.243 e. The van der Waals surface area contributed by atoms with Gasteiger partial charge in [-0.15, -0.1) is 11.8 Å². The largest absolute Gasteiger partial charge is 0.497 e. The molecule has 0 radical (unpaired) electrons. The third kappa shape index (κ3) is 8.45. The standard InChI is InChI=1S/C30H36N2O3S/c1-4-16-31-30(34)28(19-24-11-6-5-7-12-24)32(20-25-13-9-15-27(18-25)35-3)29(33)22-36-21-26-14-8-10-23(2)17-26/h5-15,17-18,28H,4,16,19-22H2,1-3H3,(H,31,34)/t28-/m1/s1. The normalized spacial score (nSPS) is 11.5. The molecule has 6 heteroatoms. The Bertz CT molecular complexity index is 1120. The second-order valence-electron chi connectivity index (χ2n) is 8.85. The van der Waals surface area contributed by atoms with Crippen LogP contribution in [0.1, 0.15) is 35.6 Å². The number of hydrogen-bond donors (Lipinski definition) is 1. The number of thioether (sulfide) groups is 1. The van der Waals surface area contributed by atoms with Crippen LogP contribution in [0.2, 0.25) is 0 Å². The fourth-order valence-corrected chi connectivity index (χ4v) is 4.89. The molecule has 0 aliphatic heterocycles. The van der Waals surface area contributed by atoms with E-state index in [2.05, 4.69) is 30.4 Å². The molecular weight excluding hydrogens is 468 g/mol. The first-order valence-corrected chi connectivity index (χ1v) is 13.5. The van der Waals surface area contributed by atoms with E-state index in [9.17, 15) is 9.59 Å². The molecule has 3 aromatic carbocycles. The average molecular weight is 505 g/mol. The third-order valence-corrected chi connectivity index (χ3v) is 6.87. The van der Waals surface area contributed by atoms with Crippen LogP contribution in [-0.4, -0.2) is 42.2 Å². The summed E-state index contributed by atoms with van der Waals surface area (Å²) in [6, 6.07) is 25.3. The summed E-state index contributed by atoms with van der Waals surface area (Å²) in [7, 11) is 1.63. The molecule has 0 heterocycles. The van der Waals surface area contributed by atoms with Gasteiger partial charge in [0.15, 0.2) is 0 Å². The Kier molecular flexibility index (Phi) is 10.9. The first-order valence-electron chi connectivity index (χ1n) is 12.4. The van der Waals surface area contributed by atoms with Gasteiger partial charge in [-0.25, -0.2) is 0 Å². The Labute approximate surface area is 219 Å². The first-order chi connectivity index (χ1) is 17.5. The van der Waals surface area contributed by atoms with Gasteiger partial charge < -0.3 is 15.0 Å². The number of carbonyl (C=O) groups is 2. The van der Waals surface area contributed by atoms with E-state index in [-0.39, 0.29) is 11.8 Å². The minimum atomic E-state index is -0.614. The molecule has 0 aliphatic rings. The second kappa shape index (κ2) is 14.3. The lowest BCUT2D eigenvalue weighted by Gasteiger charge is -2.31. The van der Waals surface area contributed by atoms with Crippen molar-refractivity contribution < 1.29 is 14.3 Å². The lowest BCUT2D eigenvalue weighted by Crippen LogP contribution is -2.51. The summed E-state index contributed by atoms with van der Waals surface area (Å²) in [5.41, 5.74) is 4.33. The summed E-state index contributed by atoms with van der Waals surface area (Å²) >= 11 is 1.58. The van der Waals surface area contributed by atoms with Crippen molar-refractivity contribution in [1.29, 1.82) is 0 Å². The van der Waals surface area contributed by atoms with Crippen molar-refractivity contribution in [1.82, 2.24) is 10.2 Å². The predicted molar refractivity (Wildman–Crippen MR) is 148 cm³/mol. The summed E-state index contributed by atoms with van der Waals surface area (Å²) < 4.78 is 5.39. The van der Waals surface area contributed by atoms with Crippen molar-refractivity contribution in [2.45, 2.75) is 45.0 Å². The fraction of sp³-hybridized carbons (Fsp3) is 0.333. The lowest BCUT2D eigenvalue weighted by molar-refractivity contribution is -0.139. The van der Waals surface area contributed by atoms with Crippen molar-refractivity contribution in [2.24, 2.45) is 0 Å². The summed E-state index contributed by atoms with van der Waals surface area (Å²) in [5.74, 6) is 1.59. The molecule has 5 nitrogen and oxygen atoms in total. The predicted octanol–water partition coefficient (Wildman–Crippen LogP) is 5.40. The van der Waals surface area contributed by atoms with E-state index in [0.29, 0.717) is 25.3 Å². The minimum Gasteiger partial charge on any atom is -0.497 e. The maximum Gasteiger partial charge on any atom is 0.243 e. The van der Waals surface area contributed by atoms with Crippen molar-refractivity contribution in [3.8, 4) is 5.75 Å². The molecular formula is C30H36N2O3S. The van der Waals surface area contributed by atoms with Gasteiger partial charge in [0.1, 0.15) is 11.8 Å². The highest BCUT2D eigenvalue weighted by Crippen LogP contribution is 2.21. The summed E-state index contributed by atoms with van der Waals surface area (Å²) in [6.45, 7) is 5.00. The quantitative estimate of drug-likeness (QED) is 0.338. The Morgan fingerprint density at radius 1 is 0.944 bits per heavy atom. The average Bonchev–Trinajstić information content (AvgIpc) is 2.90. The number of benzene rings is 3. The van der Waals surface area contributed by atoms with Crippen molar-refractivity contribution in [3.63, 3.8) is 0 Å². The Hall–Kier alpha value is -3.25. The van der Waals surface area contributed by atoms with Gasteiger partial charge in [0, 0.05) is 25.3 Å². The molecule has 3 aromatic rings. The summed E-state index contributed by atoms with van der Waals surface area (Å²) in [5, 5.41) is 3.02. The van der Waals surface area contributed by atoms with Crippen LogP contribution in [0.4, 0.5) is 0 Å². The molecule has 0 fully saturated rings. The SMILES string of the molecule is CCCNC(=O)[C@@H](Cc1ccccc1)N(Cc1cccc(OC)c1)C(=O)CSCc1cccc(C)c1. The molecule has 2 amide bonds. The Balaban J connectivity index is 1.85. The lowest BCUT2D eigenvalue weighted by atomic mass is 10.0. The number of amides is 2. The summed E-state index contributed by atoms with van der Waals surface area (Å²) in [6.07, 6.45) is 1.29. The molecule has 1 N–H and O–H groups in total. The third-order valence-electron chi connectivity index (χ3n) is 5.88. The zero-order chi connectivity index (χ0) is 25.8. The zero-order valence-corrected chi connectivity index (χ0v) is 22.2. The zero-order valence-electron chi connectivity index (χ0n) is 21.4. The topological polar surface area (TPSA) is 58.6 Å². The maximum atomic E-state index is 13.7. The molecule has 0 aliphatic carbocycles. The number of carbonyl (C=O) groups excluding carboxylic acids is 2. The van der Waals surface area contributed by atoms with Gasteiger partial charge >= 0.3 is 0 Å². The van der Waals surface area contributed by atoms with E-state index in [1.807, 2.05) is 67.6 Å². The molecule has 190 valence electrons. The first kappa shape index (κ1) is 27.3. The highest BCUT2D eigenvalue weighted by molar-refractivity contribution is 7.99. The molecule has 0 aromatic heterocycles. The van der Waals surface area contributed by atoms with Crippen LogP contribution >= 0.6 is 11.8 Å². The van der Waals surface area contributed by atoms with Gasteiger partial charge in [-0.05, 0) is 42.2 Å². The number of methoxy groups -OCH3 is 1. The Morgan fingerprint density at radius 3 is 2.39 bits per heavy atom. The number of rotatable bonds is 13. The van der Waals surface area contributed by atoms with E-state index in [0.717, 1.165) is 29.1 Å². The monoisotopic (exact) mass is 504 g/mol. The van der Waals surface area contributed by atoms with Crippen LogP contribution in [-0.2, 0) is 28.3 Å².